The summed E-state index contributed by atoms with van der Waals surface area (Å²) in [6.45, 7) is 2.70. The normalized spacial score (nSPS) is 24.1. The number of ether oxygens (including phenoxy) is 4. The molecule has 0 aliphatic carbocycles. The van der Waals surface area contributed by atoms with Crippen LogP contribution < -0.4 is 5.32 Å². The van der Waals surface area contributed by atoms with Crippen molar-refractivity contribution in [1.29, 1.82) is 0 Å². The van der Waals surface area contributed by atoms with E-state index in [0.717, 1.165) is 89.9 Å². The molecule has 14 heteroatoms. The van der Waals surface area contributed by atoms with Gasteiger partial charge in [-0.25, -0.2) is 0 Å². The second kappa shape index (κ2) is 54.6. The molecule has 84 heavy (non-hydrogen) atoms. The topological polar surface area (TPSA) is 228 Å². The summed E-state index contributed by atoms with van der Waals surface area (Å²) in [6.07, 6.45) is 56.6. The number of nitrogens with one attached hydrogen (secondary N) is 1. The third kappa shape index (κ3) is 38.7. The number of aliphatic hydroxyl groups excluding tert-OH is 8. The van der Waals surface area contributed by atoms with Crippen molar-refractivity contribution in [3.05, 3.63) is 72.9 Å². The molecule has 0 radical (unpaired) electrons. The number of unbranched alkanes of at least 4 members (excludes halogenated alkanes) is 32. The number of hydrogen-bond acceptors (Lipinski definition) is 13. The zero-order valence-electron chi connectivity index (χ0n) is 52.9. The Labute approximate surface area is 510 Å². The Morgan fingerprint density at radius 1 is 0.440 bits per heavy atom. The lowest BCUT2D eigenvalue weighted by Crippen LogP contribution is -2.65. The van der Waals surface area contributed by atoms with E-state index < -0.39 is 86.8 Å². The van der Waals surface area contributed by atoms with Crippen molar-refractivity contribution in [3.8, 4) is 0 Å². The molecule has 2 rings (SSSR count). The van der Waals surface area contributed by atoms with E-state index in [9.17, 15) is 45.6 Å². The molecule has 0 bridgehead atoms. The molecule has 2 fully saturated rings. The lowest BCUT2D eigenvalue weighted by atomic mass is 9.97. The van der Waals surface area contributed by atoms with Crippen molar-refractivity contribution in [2.24, 2.45) is 0 Å². The Bertz CT molecular complexity index is 1690. The minimum atomic E-state index is -1.79. The van der Waals surface area contributed by atoms with E-state index in [-0.39, 0.29) is 18.9 Å². The van der Waals surface area contributed by atoms with Gasteiger partial charge in [-0.15, -0.1) is 0 Å². The van der Waals surface area contributed by atoms with Gasteiger partial charge in [-0.2, -0.15) is 0 Å². The van der Waals surface area contributed by atoms with Crippen LogP contribution in [0.15, 0.2) is 72.9 Å². The highest BCUT2D eigenvalue weighted by Crippen LogP contribution is 2.30. The van der Waals surface area contributed by atoms with E-state index in [1.807, 2.05) is 6.08 Å². The van der Waals surface area contributed by atoms with Crippen LogP contribution >= 0.6 is 0 Å². The largest absolute Gasteiger partial charge is 0.394 e. The maximum Gasteiger partial charge on any atom is 0.220 e. The first-order valence-corrected chi connectivity index (χ1v) is 34.2. The number of rotatable bonds is 55. The molecule has 0 aromatic heterocycles. The Hall–Kier alpha value is -2.57. The van der Waals surface area contributed by atoms with Gasteiger partial charge >= 0.3 is 0 Å². The van der Waals surface area contributed by atoms with E-state index in [4.69, 9.17) is 18.9 Å². The average Bonchev–Trinajstić information content (AvgIpc) is 3.18. The third-order valence-corrected chi connectivity index (χ3v) is 16.4. The molecule has 12 unspecified atom stereocenters. The minimum Gasteiger partial charge on any atom is -0.394 e. The lowest BCUT2D eigenvalue weighted by molar-refractivity contribution is -0.359. The average molecular weight is 1190 g/mol. The van der Waals surface area contributed by atoms with E-state index in [0.29, 0.717) is 6.42 Å². The van der Waals surface area contributed by atoms with Gasteiger partial charge in [0.2, 0.25) is 5.91 Å². The summed E-state index contributed by atoms with van der Waals surface area (Å²) in [6, 6.07) is -0.926. The van der Waals surface area contributed by atoms with Gasteiger partial charge in [-0.3, -0.25) is 4.79 Å². The lowest BCUT2D eigenvalue weighted by Gasteiger charge is -2.46. The van der Waals surface area contributed by atoms with Crippen molar-refractivity contribution in [3.63, 3.8) is 0 Å². The van der Waals surface area contributed by atoms with Gasteiger partial charge in [0, 0.05) is 6.42 Å². The summed E-state index contributed by atoms with van der Waals surface area (Å²) < 4.78 is 22.8. The molecule has 2 heterocycles. The minimum absolute atomic E-state index is 0.250. The molecule has 1 amide bonds. The number of aliphatic hydroxyl groups is 8. The predicted octanol–water partition coefficient (Wildman–Crippen LogP) is 13.5. The fourth-order valence-electron chi connectivity index (χ4n) is 11.0. The van der Waals surface area contributed by atoms with Crippen LogP contribution in [-0.2, 0) is 23.7 Å². The molecule has 2 aliphatic heterocycles. The number of carbonyl (C=O) groups excluding carboxylic acids is 1. The summed E-state index contributed by atoms with van der Waals surface area (Å²) >= 11 is 0. The number of hydrogen-bond donors (Lipinski definition) is 9. The first-order chi connectivity index (χ1) is 41.1. The van der Waals surface area contributed by atoms with Crippen molar-refractivity contribution in [1.82, 2.24) is 5.32 Å². The molecule has 2 saturated heterocycles. The second-order valence-electron chi connectivity index (χ2n) is 23.9. The predicted molar refractivity (Wildman–Crippen MR) is 341 cm³/mol. The van der Waals surface area contributed by atoms with Crippen molar-refractivity contribution >= 4 is 5.91 Å². The zero-order valence-corrected chi connectivity index (χ0v) is 52.9. The van der Waals surface area contributed by atoms with Gasteiger partial charge in [0.25, 0.3) is 0 Å². The van der Waals surface area contributed by atoms with Crippen LogP contribution in [0.2, 0.25) is 0 Å². The molecule has 0 spiro atoms. The maximum absolute atomic E-state index is 13.3. The quantitative estimate of drug-likeness (QED) is 0.0204. The Morgan fingerprint density at radius 2 is 0.821 bits per heavy atom. The molecule has 9 N–H and O–H groups in total. The van der Waals surface area contributed by atoms with E-state index in [1.165, 1.54) is 154 Å². The van der Waals surface area contributed by atoms with E-state index in [2.05, 4.69) is 79.9 Å². The fourth-order valence-corrected chi connectivity index (χ4v) is 11.0. The molecular formula is C70H125NO13. The molecule has 14 nitrogen and oxygen atoms in total. The SMILES string of the molecule is CC/C=C\C/C=C\C/C=C\C/C=C\C/C=C\CCCCCCCCCC(=O)NC(COC1OC(CO)C(OC2OC(CO)C(O)C(O)C2O)C(O)C1O)C(O)/C=C/CCCCCCCCCCCCCCCCCCCCCCCCCCC. The molecule has 0 aromatic carbocycles. The summed E-state index contributed by atoms with van der Waals surface area (Å²) in [4.78, 5) is 13.3. The fraction of sp³-hybridized carbons (Fsp3) is 0.814. The van der Waals surface area contributed by atoms with Crippen LogP contribution in [0.1, 0.15) is 271 Å². The van der Waals surface area contributed by atoms with Crippen LogP contribution in [0.4, 0.5) is 0 Å². The highest BCUT2D eigenvalue weighted by atomic mass is 16.7. The van der Waals surface area contributed by atoms with Gasteiger partial charge in [0.1, 0.15) is 48.8 Å². The summed E-state index contributed by atoms with van der Waals surface area (Å²) in [5, 5.41) is 87.4. The van der Waals surface area contributed by atoms with Crippen LogP contribution in [-0.4, -0.2) is 140 Å². The molecule has 2 aliphatic rings. The molecule has 0 aromatic rings. The number of allylic oxidation sites excluding steroid dienone is 11. The highest BCUT2D eigenvalue weighted by Gasteiger charge is 2.51. The molecule has 0 saturated carbocycles. The number of amides is 1. The van der Waals surface area contributed by atoms with E-state index >= 15 is 0 Å². The summed E-state index contributed by atoms with van der Waals surface area (Å²) in [5.74, 6) is -0.250. The Morgan fingerprint density at radius 3 is 1.26 bits per heavy atom. The smallest absolute Gasteiger partial charge is 0.220 e. The van der Waals surface area contributed by atoms with Gasteiger partial charge in [-0.05, 0) is 64.2 Å². The van der Waals surface area contributed by atoms with Gasteiger partial charge in [-0.1, -0.05) is 273 Å². The van der Waals surface area contributed by atoms with Crippen molar-refractivity contribution < 1.29 is 64.6 Å². The van der Waals surface area contributed by atoms with Crippen LogP contribution in [0.3, 0.4) is 0 Å². The monoisotopic (exact) mass is 1190 g/mol. The Balaban J connectivity index is 1.71. The number of carbonyl (C=O) groups is 1. The van der Waals surface area contributed by atoms with Crippen LogP contribution in [0.25, 0.3) is 0 Å². The zero-order chi connectivity index (χ0) is 60.9. The molecular weight excluding hydrogens is 1060 g/mol. The molecule has 12 atom stereocenters. The maximum atomic E-state index is 13.3. The van der Waals surface area contributed by atoms with Crippen molar-refractivity contribution in [2.75, 3.05) is 19.8 Å². The molecule has 488 valence electrons. The summed E-state index contributed by atoms with van der Waals surface area (Å²) in [7, 11) is 0. The first kappa shape index (κ1) is 77.5. The van der Waals surface area contributed by atoms with Crippen LogP contribution in [0, 0.1) is 0 Å². The standard InChI is InChI=1S/C70H125NO13/c1-3-5-7-9-11-13-15-17-19-21-23-25-27-28-29-30-32-33-35-37-39-41-43-45-47-49-51-53-59(74)58(57-81-69-67(80)65(78)68(61(56-73)83-69)84-70-66(79)64(77)63(76)60(55-72)82-70)71-62(75)54-52-50-48-46-44-42-40-38-36-34-31-26-24-22-20-18-16-14-12-10-8-6-4-2/h6,8,12,14,18,20,24,26,34,36,51,53,58-61,63-70,72-74,76-80H,3-5,7,9-11,13,15-17,19,21-23,25,27-33,35,37-50,52,54-57H2,1-2H3,(H,71,75)/b8-6-,14-12-,20-18-,26-24-,36-34-,53-51+. The first-order valence-electron chi connectivity index (χ1n) is 34.2. The van der Waals surface area contributed by atoms with Gasteiger partial charge in [0.05, 0.1) is 32.0 Å². The highest BCUT2D eigenvalue weighted by molar-refractivity contribution is 5.76. The second-order valence-corrected chi connectivity index (χ2v) is 23.9. The van der Waals surface area contributed by atoms with Crippen LogP contribution in [0.5, 0.6) is 0 Å². The summed E-state index contributed by atoms with van der Waals surface area (Å²) in [5.41, 5.74) is 0. The van der Waals surface area contributed by atoms with Gasteiger partial charge in [0.15, 0.2) is 12.6 Å². The Kier molecular flexibility index (Phi) is 50.4. The van der Waals surface area contributed by atoms with Crippen molar-refractivity contribution in [2.45, 2.75) is 344 Å². The van der Waals surface area contributed by atoms with Gasteiger partial charge < -0.3 is 65.1 Å². The third-order valence-electron chi connectivity index (χ3n) is 16.4. The van der Waals surface area contributed by atoms with E-state index in [1.54, 1.807) is 6.08 Å².